The molecule has 0 bridgehead atoms. The van der Waals surface area contributed by atoms with Crippen molar-refractivity contribution >= 4 is 5.78 Å². The highest BCUT2D eigenvalue weighted by Gasteiger charge is 2.37. The van der Waals surface area contributed by atoms with Crippen LogP contribution in [-0.2, 0) is 11.8 Å². The molecule has 1 saturated heterocycles. The molecule has 168 valence electrons. The fraction of sp³-hybridized carbons (Fsp3) is 0.458. The van der Waals surface area contributed by atoms with Gasteiger partial charge in [-0.15, -0.1) is 0 Å². The predicted molar refractivity (Wildman–Crippen MR) is 114 cm³/mol. The third-order valence-electron chi connectivity index (χ3n) is 6.11. The minimum absolute atomic E-state index is 0.0723. The highest BCUT2D eigenvalue weighted by atomic mass is 19.4. The quantitative estimate of drug-likeness (QED) is 0.664. The van der Waals surface area contributed by atoms with E-state index in [-0.39, 0.29) is 11.8 Å². The third-order valence-corrected chi connectivity index (χ3v) is 6.11. The van der Waals surface area contributed by atoms with E-state index in [0.29, 0.717) is 50.0 Å². The van der Waals surface area contributed by atoms with Crippen LogP contribution in [-0.4, -0.2) is 60.5 Å². The third kappa shape index (κ3) is 5.73. The number of hydrogen-bond donors (Lipinski definition) is 1. The molecule has 3 rings (SSSR count). The van der Waals surface area contributed by atoms with E-state index in [9.17, 15) is 23.1 Å². The molecule has 1 unspecified atom stereocenters. The fourth-order valence-corrected chi connectivity index (χ4v) is 4.14. The first-order chi connectivity index (χ1) is 14.6. The Bertz CT molecular complexity index is 876. The molecule has 2 aromatic rings. The number of carbonyl (C=O) groups excluding carboxylic acids is 1. The summed E-state index contributed by atoms with van der Waals surface area (Å²) in [7, 11) is 3.77. The van der Waals surface area contributed by atoms with Crippen molar-refractivity contribution in [2.75, 3.05) is 33.7 Å². The summed E-state index contributed by atoms with van der Waals surface area (Å²) >= 11 is 0. The molecule has 1 heterocycles. The van der Waals surface area contributed by atoms with Gasteiger partial charge >= 0.3 is 6.18 Å². The van der Waals surface area contributed by atoms with Crippen molar-refractivity contribution in [3.63, 3.8) is 0 Å². The molecule has 0 amide bonds. The lowest BCUT2D eigenvalue weighted by molar-refractivity contribution is -0.137. The first-order valence-corrected chi connectivity index (χ1v) is 10.5. The summed E-state index contributed by atoms with van der Waals surface area (Å²) in [6, 6.07) is 13.9. The van der Waals surface area contributed by atoms with E-state index in [1.807, 2.05) is 49.3 Å². The van der Waals surface area contributed by atoms with Gasteiger partial charge in [0.05, 0.1) is 17.2 Å². The lowest BCUT2D eigenvalue weighted by atomic mass is 9.83. The molecule has 1 N–H and O–H groups in total. The maximum Gasteiger partial charge on any atom is 0.416 e. The van der Waals surface area contributed by atoms with E-state index in [0.717, 1.165) is 12.1 Å². The van der Waals surface area contributed by atoms with Gasteiger partial charge in [-0.3, -0.25) is 9.69 Å². The van der Waals surface area contributed by atoms with Gasteiger partial charge in [-0.2, -0.15) is 13.2 Å². The Kier molecular flexibility index (Phi) is 7.19. The normalized spacial score (nSPS) is 18.2. The monoisotopic (exact) mass is 434 g/mol. The van der Waals surface area contributed by atoms with Crippen LogP contribution in [0.25, 0.3) is 0 Å². The smallest absolute Gasteiger partial charge is 0.385 e. The number of benzene rings is 2. The minimum atomic E-state index is -4.43. The zero-order valence-corrected chi connectivity index (χ0v) is 17.9. The van der Waals surface area contributed by atoms with Gasteiger partial charge in [0.25, 0.3) is 0 Å². The van der Waals surface area contributed by atoms with Crippen molar-refractivity contribution in [3.05, 3.63) is 71.3 Å². The van der Waals surface area contributed by atoms with Crippen LogP contribution in [0.2, 0.25) is 0 Å². The molecule has 1 aliphatic rings. The highest BCUT2D eigenvalue weighted by molar-refractivity contribution is 6.00. The van der Waals surface area contributed by atoms with E-state index in [1.165, 1.54) is 6.07 Å². The second kappa shape index (κ2) is 9.51. The van der Waals surface area contributed by atoms with Crippen molar-refractivity contribution < 1.29 is 23.1 Å². The van der Waals surface area contributed by atoms with Crippen LogP contribution in [0.15, 0.2) is 54.6 Å². The van der Waals surface area contributed by atoms with Gasteiger partial charge in [0.2, 0.25) is 0 Å². The molecule has 7 heteroatoms. The molecule has 2 aromatic carbocycles. The average Bonchev–Trinajstić information content (AvgIpc) is 2.75. The Labute approximate surface area is 181 Å². The Morgan fingerprint density at radius 1 is 1.10 bits per heavy atom. The summed E-state index contributed by atoms with van der Waals surface area (Å²) in [4.78, 5) is 16.9. The number of Topliss-reactive ketones (excluding diaryl/α,β-unsaturated/α-hetero) is 1. The Morgan fingerprint density at radius 3 is 2.32 bits per heavy atom. The number of ketones is 1. The molecule has 0 aromatic heterocycles. The molecule has 0 radical (unpaired) electrons. The second-order valence-electron chi connectivity index (χ2n) is 8.45. The summed E-state index contributed by atoms with van der Waals surface area (Å²) in [5.74, 6) is 0.0723. The molecule has 0 aliphatic carbocycles. The number of carbonyl (C=O) groups is 1. The summed E-state index contributed by atoms with van der Waals surface area (Å²) in [5, 5.41) is 11.0. The van der Waals surface area contributed by atoms with E-state index in [4.69, 9.17) is 0 Å². The number of hydrogen-bond acceptors (Lipinski definition) is 4. The number of piperidine rings is 1. The van der Waals surface area contributed by atoms with Gasteiger partial charge in [0, 0.05) is 25.2 Å². The molecule has 1 aliphatic heterocycles. The topological polar surface area (TPSA) is 43.8 Å². The van der Waals surface area contributed by atoms with Gasteiger partial charge in [-0.05, 0) is 51.1 Å². The molecular weight excluding hydrogens is 405 g/mol. The van der Waals surface area contributed by atoms with E-state index in [1.54, 1.807) is 6.07 Å². The van der Waals surface area contributed by atoms with Gasteiger partial charge < -0.3 is 10.0 Å². The molecule has 0 spiro atoms. The van der Waals surface area contributed by atoms with Crippen LogP contribution in [0.4, 0.5) is 13.2 Å². The molecular formula is C24H29F3N2O2. The first-order valence-electron chi connectivity index (χ1n) is 10.5. The van der Waals surface area contributed by atoms with Crippen molar-refractivity contribution in [2.45, 2.75) is 37.1 Å². The molecule has 31 heavy (non-hydrogen) atoms. The summed E-state index contributed by atoms with van der Waals surface area (Å²) in [5.41, 5.74) is -1.02. The van der Waals surface area contributed by atoms with E-state index in [2.05, 4.69) is 4.90 Å². The number of likely N-dealkylation sites (tertiary alicyclic amines) is 1. The standard InChI is InChI=1S/C24H29F3N2O2/c1-28(2)21(22(30)18-7-4-3-5-8-18)11-14-29-15-12-23(31,13-16-29)19-9-6-10-20(17-19)24(25,26)27/h3-10,17,21,31H,11-16H2,1-2H3. The summed E-state index contributed by atoms with van der Waals surface area (Å²) in [6.45, 7) is 1.80. The van der Waals surface area contributed by atoms with Gasteiger partial charge in [0.1, 0.15) is 0 Å². The lowest BCUT2D eigenvalue weighted by Gasteiger charge is -2.39. The van der Waals surface area contributed by atoms with Gasteiger partial charge in [0.15, 0.2) is 5.78 Å². The molecule has 0 saturated carbocycles. The number of likely N-dealkylation sites (N-methyl/N-ethyl adjacent to an activating group) is 1. The average molecular weight is 435 g/mol. The van der Waals surface area contributed by atoms with Crippen LogP contribution in [0.5, 0.6) is 0 Å². The zero-order chi connectivity index (χ0) is 22.6. The molecule has 1 atom stereocenters. The lowest BCUT2D eigenvalue weighted by Crippen LogP contribution is -2.45. The number of nitrogens with zero attached hydrogens (tertiary/aromatic N) is 2. The largest absolute Gasteiger partial charge is 0.416 e. The minimum Gasteiger partial charge on any atom is -0.385 e. The molecule has 1 fully saturated rings. The number of aliphatic hydroxyl groups is 1. The van der Waals surface area contributed by atoms with Crippen molar-refractivity contribution in [1.82, 2.24) is 9.80 Å². The zero-order valence-electron chi connectivity index (χ0n) is 17.9. The number of halogens is 3. The maximum atomic E-state index is 13.0. The maximum absolute atomic E-state index is 13.0. The first kappa shape index (κ1) is 23.4. The Hall–Kier alpha value is -2.22. The van der Waals surface area contributed by atoms with Gasteiger partial charge in [-0.25, -0.2) is 0 Å². The van der Waals surface area contributed by atoms with Crippen LogP contribution in [0.3, 0.4) is 0 Å². The number of alkyl halides is 3. The van der Waals surface area contributed by atoms with Crippen molar-refractivity contribution in [2.24, 2.45) is 0 Å². The highest BCUT2D eigenvalue weighted by Crippen LogP contribution is 2.36. The van der Waals surface area contributed by atoms with E-state index < -0.39 is 17.3 Å². The Morgan fingerprint density at radius 2 is 1.74 bits per heavy atom. The SMILES string of the molecule is CN(C)C(CCN1CCC(O)(c2cccc(C(F)(F)F)c2)CC1)C(=O)c1ccccc1. The second-order valence-corrected chi connectivity index (χ2v) is 8.45. The van der Waals surface area contributed by atoms with E-state index >= 15 is 0 Å². The van der Waals surface area contributed by atoms with Crippen LogP contribution in [0, 0.1) is 0 Å². The van der Waals surface area contributed by atoms with Crippen LogP contribution >= 0.6 is 0 Å². The molecule has 4 nitrogen and oxygen atoms in total. The fourth-order valence-electron chi connectivity index (χ4n) is 4.14. The summed E-state index contributed by atoms with van der Waals surface area (Å²) < 4.78 is 39.1. The number of rotatable bonds is 7. The van der Waals surface area contributed by atoms with Crippen molar-refractivity contribution in [3.8, 4) is 0 Å². The van der Waals surface area contributed by atoms with Crippen LogP contribution < -0.4 is 0 Å². The van der Waals surface area contributed by atoms with Crippen molar-refractivity contribution in [1.29, 1.82) is 0 Å². The van der Waals surface area contributed by atoms with Crippen LogP contribution in [0.1, 0.15) is 40.7 Å². The Balaban J connectivity index is 1.60. The summed E-state index contributed by atoms with van der Waals surface area (Å²) in [6.07, 6.45) is -3.08. The van der Waals surface area contributed by atoms with Gasteiger partial charge in [-0.1, -0.05) is 42.5 Å². The predicted octanol–water partition coefficient (Wildman–Crippen LogP) is 4.19.